The van der Waals surface area contributed by atoms with Crippen LogP contribution < -0.4 is 10.2 Å². The Morgan fingerprint density at radius 1 is 1.31 bits per heavy atom. The predicted octanol–water partition coefficient (Wildman–Crippen LogP) is 3.02. The Morgan fingerprint density at radius 2 is 2.15 bits per heavy atom. The molecule has 7 heteroatoms. The molecule has 1 amide bonds. The molecule has 1 unspecified atom stereocenters. The number of pyridine rings is 1. The van der Waals surface area contributed by atoms with E-state index in [1.54, 1.807) is 36.2 Å². The second kappa shape index (κ2) is 7.63. The molecule has 1 N–H and O–H groups in total. The molecule has 0 spiro atoms. The third kappa shape index (κ3) is 3.54. The lowest BCUT2D eigenvalue weighted by Crippen LogP contribution is -2.39. The molecule has 1 saturated heterocycles. The monoisotopic (exact) mass is 373 g/mol. The lowest BCUT2D eigenvalue weighted by molar-refractivity contribution is 0.0933. The number of nitrogens with one attached hydrogen (secondary N) is 1. The Labute approximate surface area is 155 Å². The van der Waals surface area contributed by atoms with Crippen molar-refractivity contribution >= 4 is 23.5 Å². The summed E-state index contributed by atoms with van der Waals surface area (Å²) < 4.78 is 19.1. The van der Waals surface area contributed by atoms with Crippen LogP contribution in [0.2, 0.25) is 0 Å². The van der Waals surface area contributed by atoms with E-state index < -0.39 is 0 Å². The molecule has 2 aliphatic rings. The quantitative estimate of drug-likeness (QED) is 0.896. The molecule has 0 aliphatic carbocycles. The average Bonchev–Trinajstić information content (AvgIpc) is 2.69. The molecule has 136 valence electrons. The number of hydrogen-bond acceptors (Lipinski definition) is 5. The van der Waals surface area contributed by atoms with E-state index in [0.29, 0.717) is 37.7 Å². The van der Waals surface area contributed by atoms with Gasteiger partial charge in [-0.25, -0.2) is 9.37 Å². The van der Waals surface area contributed by atoms with Crippen molar-refractivity contribution in [1.29, 1.82) is 0 Å². The number of ether oxygens (including phenoxy) is 1. The molecule has 1 aromatic carbocycles. The van der Waals surface area contributed by atoms with Crippen molar-refractivity contribution in [2.75, 3.05) is 37.0 Å². The molecule has 0 radical (unpaired) electrons. The number of thioether (sulfide) groups is 1. The van der Waals surface area contributed by atoms with E-state index >= 15 is 0 Å². The maximum atomic E-state index is 13.7. The number of morpholine rings is 1. The fourth-order valence-corrected chi connectivity index (χ4v) is 4.46. The predicted molar refractivity (Wildman–Crippen MR) is 99.2 cm³/mol. The number of nitrogens with zero attached hydrogens (tertiary/aromatic N) is 2. The number of hydrogen-bond donors (Lipinski definition) is 1. The van der Waals surface area contributed by atoms with Crippen LogP contribution in [0.4, 0.5) is 10.2 Å². The van der Waals surface area contributed by atoms with E-state index in [1.807, 2.05) is 0 Å². The number of aromatic nitrogens is 1. The van der Waals surface area contributed by atoms with Crippen LogP contribution in [0.1, 0.15) is 28.4 Å². The van der Waals surface area contributed by atoms with E-state index in [0.717, 1.165) is 22.6 Å². The van der Waals surface area contributed by atoms with Crippen molar-refractivity contribution in [2.45, 2.75) is 17.4 Å². The number of rotatable bonds is 3. The van der Waals surface area contributed by atoms with Crippen molar-refractivity contribution in [2.24, 2.45) is 0 Å². The van der Waals surface area contributed by atoms with Crippen molar-refractivity contribution < 1.29 is 13.9 Å². The van der Waals surface area contributed by atoms with Gasteiger partial charge in [0.1, 0.15) is 11.6 Å². The Kier molecular flexibility index (Phi) is 5.08. The van der Waals surface area contributed by atoms with E-state index in [1.165, 1.54) is 12.1 Å². The highest BCUT2D eigenvalue weighted by molar-refractivity contribution is 7.99. The molecule has 4 rings (SSSR count). The summed E-state index contributed by atoms with van der Waals surface area (Å²) in [5.74, 6) is 1.12. The van der Waals surface area contributed by atoms with Gasteiger partial charge in [0.2, 0.25) is 0 Å². The number of carbonyl (C=O) groups is 1. The first-order valence-electron chi connectivity index (χ1n) is 8.73. The normalized spacial score (nSPS) is 19.7. The molecule has 2 aliphatic heterocycles. The summed E-state index contributed by atoms with van der Waals surface area (Å²) in [4.78, 5) is 20.5. The summed E-state index contributed by atoms with van der Waals surface area (Å²) in [7, 11) is 0. The van der Waals surface area contributed by atoms with Gasteiger partial charge in [0, 0.05) is 29.9 Å². The van der Waals surface area contributed by atoms with Gasteiger partial charge >= 0.3 is 0 Å². The van der Waals surface area contributed by atoms with Crippen molar-refractivity contribution in [1.82, 2.24) is 10.3 Å². The minimum absolute atomic E-state index is 0.174. The summed E-state index contributed by atoms with van der Waals surface area (Å²) >= 11 is 1.70. The van der Waals surface area contributed by atoms with Gasteiger partial charge in [-0.15, -0.1) is 11.8 Å². The second-order valence-corrected chi connectivity index (χ2v) is 7.46. The highest BCUT2D eigenvalue weighted by Gasteiger charge is 2.26. The first-order chi connectivity index (χ1) is 12.7. The van der Waals surface area contributed by atoms with Gasteiger partial charge in [-0.3, -0.25) is 4.79 Å². The van der Waals surface area contributed by atoms with Crippen LogP contribution in [0.25, 0.3) is 0 Å². The summed E-state index contributed by atoms with van der Waals surface area (Å²) in [6.07, 6.45) is 2.48. The van der Waals surface area contributed by atoms with Crippen LogP contribution in [-0.4, -0.2) is 42.9 Å². The topological polar surface area (TPSA) is 54.5 Å². The Hall–Kier alpha value is -2.12. The van der Waals surface area contributed by atoms with Crippen LogP contribution in [0.5, 0.6) is 0 Å². The third-order valence-corrected chi connectivity index (χ3v) is 5.78. The van der Waals surface area contributed by atoms with Gasteiger partial charge < -0.3 is 15.0 Å². The SMILES string of the molecule is O=C(NC1CCSc2ccc(F)cc21)c1cccnc1N1CCOCC1. The zero-order valence-corrected chi connectivity index (χ0v) is 15.1. The zero-order chi connectivity index (χ0) is 17.9. The fraction of sp³-hybridized carbons (Fsp3) is 0.368. The molecule has 0 bridgehead atoms. The molecular weight excluding hydrogens is 353 g/mol. The van der Waals surface area contributed by atoms with Gasteiger partial charge in [0.15, 0.2) is 0 Å². The molecule has 1 fully saturated rings. The van der Waals surface area contributed by atoms with Gasteiger partial charge in [-0.05, 0) is 42.3 Å². The van der Waals surface area contributed by atoms with E-state index in [4.69, 9.17) is 4.74 Å². The molecule has 3 heterocycles. The van der Waals surface area contributed by atoms with Gasteiger partial charge in [-0.2, -0.15) is 0 Å². The standard InChI is InChI=1S/C19H20FN3O2S/c20-13-3-4-17-15(12-13)16(5-11-26-17)22-19(24)14-2-1-6-21-18(14)23-7-9-25-10-8-23/h1-4,6,12,16H,5,7-11H2,(H,22,24). The largest absolute Gasteiger partial charge is 0.378 e. The van der Waals surface area contributed by atoms with Gasteiger partial charge in [0.05, 0.1) is 24.8 Å². The number of fused-ring (bicyclic) bond motifs is 1. The van der Waals surface area contributed by atoms with E-state index in [2.05, 4.69) is 15.2 Å². The number of carbonyl (C=O) groups excluding carboxylic acids is 1. The fourth-order valence-electron chi connectivity index (χ4n) is 3.35. The summed E-state index contributed by atoms with van der Waals surface area (Å²) in [6, 6.07) is 8.15. The van der Waals surface area contributed by atoms with Crippen molar-refractivity contribution in [3.63, 3.8) is 0 Å². The molecule has 5 nitrogen and oxygen atoms in total. The Balaban J connectivity index is 1.57. The highest BCUT2D eigenvalue weighted by Crippen LogP contribution is 2.36. The third-order valence-electron chi connectivity index (χ3n) is 4.66. The zero-order valence-electron chi connectivity index (χ0n) is 14.3. The Bertz CT molecular complexity index is 811. The summed E-state index contributed by atoms with van der Waals surface area (Å²) in [5.41, 5.74) is 1.40. The second-order valence-electron chi connectivity index (χ2n) is 6.32. The minimum atomic E-state index is -0.277. The van der Waals surface area contributed by atoms with E-state index in [-0.39, 0.29) is 17.8 Å². The first kappa shape index (κ1) is 17.3. The van der Waals surface area contributed by atoms with Gasteiger partial charge in [-0.1, -0.05) is 0 Å². The van der Waals surface area contributed by atoms with Crippen LogP contribution in [0, 0.1) is 5.82 Å². The van der Waals surface area contributed by atoms with Crippen molar-refractivity contribution in [3.8, 4) is 0 Å². The lowest BCUT2D eigenvalue weighted by atomic mass is 10.0. The maximum Gasteiger partial charge on any atom is 0.255 e. The van der Waals surface area contributed by atoms with Crippen LogP contribution >= 0.6 is 11.8 Å². The molecule has 0 saturated carbocycles. The highest BCUT2D eigenvalue weighted by atomic mass is 32.2. The average molecular weight is 373 g/mol. The number of anilines is 1. The van der Waals surface area contributed by atoms with Crippen LogP contribution in [0.15, 0.2) is 41.4 Å². The molecule has 26 heavy (non-hydrogen) atoms. The van der Waals surface area contributed by atoms with E-state index in [9.17, 15) is 9.18 Å². The first-order valence-corrected chi connectivity index (χ1v) is 9.72. The molecule has 1 aromatic heterocycles. The molecular formula is C19H20FN3O2S. The summed E-state index contributed by atoms with van der Waals surface area (Å²) in [6.45, 7) is 2.69. The Morgan fingerprint density at radius 3 is 3.00 bits per heavy atom. The molecule has 2 aromatic rings. The maximum absolute atomic E-state index is 13.7. The van der Waals surface area contributed by atoms with Crippen LogP contribution in [-0.2, 0) is 4.74 Å². The number of benzene rings is 1. The van der Waals surface area contributed by atoms with Crippen molar-refractivity contribution in [3.05, 3.63) is 53.5 Å². The number of amides is 1. The van der Waals surface area contributed by atoms with Crippen LogP contribution in [0.3, 0.4) is 0 Å². The summed E-state index contributed by atoms with van der Waals surface area (Å²) in [5, 5.41) is 3.08. The molecule has 1 atom stereocenters. The smallest absolute Gasteiger partial charge is 0.255 e. The lowest BCUT2D eigenvalue weighted by Gasteiger charge is -2.30. The minimum Gasteiger partial charge on any atom is -0.378 e. The van der Waals surface area contributed by atoms with Gasteiger partial charge in [0.25, 0.3) is 5.91 Å². The number of halogens is 1.